The third-order valence-electron chi connectivity index (χ3n) is 5.06. The highest BCUT2D eigenvalue weighted by atomic mass is 35.5. The molecule has 5 rings (SSSR count). The van der Waals surface area contributed by atoms with Gasteiger partial charge in [0.05, 0.1) is 28.7 Å². The molecule has 0 fully saturated rings. The monoisotopic (exact) mass is 489 g/mol. The van der Waals surface area contributed by atoms with E-state index in [-0.39, 0.29) is 5.91 Å². The van der Waals surface area contributed by atoms with E-state index in [1.54, 1.807) is 39.5 Å². The smallest absolute Gasteiger partial charge is 0.235 e. The zero-order valence-corrected chi connectivity index (χ0v) is 19.8. The fourth-order valence-corrected chi connectivity index (χ4v) is 4.45. The van der Waals surface area contributed by atoms with Crippen molar-refractivity contribution >= 4 is 46.1 Å². The van der Waals surface area contributed by atoms with Crippen LogP contribution in [0.4, 0.5) is 5.82 Å². The van der Waals surface area contributed by atoms with Gasteiger partial charge in [-0.25, -0.2) is 14.6 Å². The Hall–Kier alpha value is -3.69. The summed E-state index contributed by atoms with van der Waals surface area (Å²) in [5, 5.41) is 13.4. The quantitative estimate of drug-likeness (QED) is 0.352. The number of aryl methyl sites for hydroxylation is 1. The van der Waals surface area contributed by atoms with Crippen molar-refractivity contribution < 1.29 is 4.79 Å². The minimum Gasteiger partial charge on any atom is -0.310 e. The number of carbonyl (C=O) groups is 1. The molecule has 0 atom stereocenters. The third kappa shape index (κ3) is 4.66. The van der Waals surface area contributed by atoms with Crippen LogP contribution in [0.1, 0.15) is 11.3 Å². The minimum absolute atomic E-state index is 0.107. The molecule has 0 aliphatic rings. The van der Waals surface area contributed by atoms with Gasteiger partial charge in [0.25, 0.3) is 0 Å². The Balaban J connectivity index is 1.39. The molecular formula is C24H20ClN7OS. The molecule has 8 nitrogen and oxygen atoms in total. The van der Waals surface area contributed by atoms with Crippen molar-refractivity contribution in [3.63, 3.8) is 0 Å². The molecule has 3 heterocycles. The summed E-state index contributed by atoms with van der Waals surface area (Å²) >= 11 is 7.57. The lowest BCUT2D eigenvalue weighted by molar-refractivity contribution is -0.113. The number of anilines is 1. The van der Waals surface area contributed by atoms with Crippen molar-refractivity contribution in [3.8, 4) is 11.5 Å². The van der Waals surface area contributed by atoms with Crippen LogP contribution in [0.15, 0.2) is 73.2 Å². The maximum Gasteiger partial charge on any atom is 0.235 e. The lowest BCUT2D eigenvalue weighted by Gasteiger charge is -2.09. The van der Waals surface area contributed by atoms with Crippen LogP contribution in [0.5, 0.6) is 0 Å². The fraction of sp³-hybridized carbons (Fsp3) is 0.125. The van der Waals surface area contributed by atoms with Crippen LogP contribution in [-0.4, -0.2) is 41.2 Å². The van der Waals surface area contributed by atoms with Gasteiger partial charge < -0.3 is 5.32 Å². The zero-order valence-electron chi connectivity index (χ0n) is 18.2. The average Bonchev–Trinajstić information content (AvgIpc) is 3.43. The van der Waals surface area contributed by atoms with Gasteiger partial charge in [-0.15, -0.1) is 11.8 Å². The van der Waals surface area contributed by atoms with E-state index < -0.39 is 0 Å². The number of halogens is 1. The van der Waals surface area contributed by atoms with Crippen LogP contribution in [-0.2, 0) is 10.5 Å². The van der Waals surface area contributed by atoms with E-state index in [9.17, 15) is 4.79 Å². The van der Waals surface area contributed by atoms with Gasteiger partial charge in [0.2, 0.25) is 5.91 Å². The lowest BCUT2D eigenvalue weighted by atomic mass is 10.2. The Kier molecular flexibility index (Phi) is 6.29. The molecular weight excluding hydrogens is 470 g/mol. The van der Waals surface area contributed by atoms with Gasteiger partial charge in [-0.1, -0.05) is 41.9 Å². The molecule has 34 heavy (non-hydrogen) atoms. The van der Waals surface area contributed by atoms with E-state index in [1.165, 1.54) is 11.9 Å². The zero-order chi connectivity index (χ0) is 23.5. The van der Waals surface area contributed by atoms with Crippen LogP contribution >= 0.6 is 23.4 Å². The van der Waals surface area contributed by atoms with Crippen LogP contribution in [0.25, 0.3) is 22.5 Å². The van der Waals surface area contributed by atoms with E-state index >= 15 is 0 Å². The second-order valence-electron chi connectivity index (χ2n) is 7.58. The largest absolute Gasteiger partial charge is 0.310 e. The molecule has 0 saturated heterocycles. The van der Waals surface area contributed by atoms with Crippen molar-refractivity contribution in [1.82, 2.24) is 29.5 Å². The number of carbonyl (C=O) groups excluding carboxylic acids is 1. The summed E-state index contributed by atoms with van der Waals surface area (Å²) in [5.74, 6) is 2.06. The molecule has 0 aliphatic heterocycles. The maximum atomic E-state index is 12.6. The number of hydrogen-bond acceptors (Lipinski definition) is 6. The van der Waals surface area contributed by atoms with E-state index in [4.69, 9.17) is 11.6 Å². The molecule has 0 spiro atoms. The summed E-state index contributed by atoms with van der Waals surface area (Å²) in [7, 11) is 0. The Labute approximate surface area is 205 Å². The Morgan fingerprint density at radius 1 is 1.06 bits per heavy atom. The van der Waals surface area contributed by atoms with Crippen molar-refractivity contribution in [2.75, 3.05) is 11.1 Å². The highest BCUT2D eigenvalue weighted by Crippen LogP contribution is 2.25. The summed E-state index contributed by atoms with van der Waals surface area (Å²) in [6.07, 6.45) is 3.15. The van der Waals surface area contributed by atoms with Gasteiger partial charge in [-0.3, -0.25) is 4.79 Å². The molecule has 3 aromatic heterocycles. The number of thioether (sulfide) groups is 1. The molecule has 170 valence electrons. The van der Waals surface area contributed by atoms with Crippen molar-refractivity contribution in [2.45, 2.75) is 12.7 Å². The standard InChI is InChI=1S/C24H20ClN7OS/c1-16-11-21(29-22(33)14-34-13-17-5-3-2-4-6-17)32(30-16)24-20-12-28-31(23(20)26-15-27-24)19-9-7-18(25)8-10-19/h2-12,15H,13-14H2,1H3,(H,29,33). The van der Waals surface area contributed by atoms with E-state index in [2.05, 4.69) is 25.5 Å². The van der Waals surface area contributed by atoms with Crippen LogP contribution in [0, 0.1) is 6.92 Å². The number of amides is 1. The number of hydrogen-bond donors (Lipinski definition) is 1. The number of fused-ring (bicyclic) bond motifs is 1. The molecule has 0 bridgehead atoms. The Morgan fingerprint density at radius 2 is 1.85 bits per heavy atom. The number of nitrogens with zero attached hydrogens (tertiary/aromatic N) is 6. The van der Waals surface area contributed by atoms with Crippen molar-refractivity contribution in [2.24, 2.45) is 0 Å². The molecule has 5 aromatic rings. The minimum atomic E-state index is -0.107. The number of benzene rings is 2. The summed E-state index contributed by atoms with van der Waals surface area (Å²) in [6.45, 7) is 1.87. The topological polar surface area (TPSA) is 90.5 Å². The van der Waals surface area contributed by atoms with Gasteiger partial charge in [0, 0.05) is 16.8 Å². The van der Waals surface area contributed by atoms with Gasteiger partial charge in [-0.2, -0.15) is 14.9 Å². The summed E-state index contributed by atoms with van der Waals surface area (Å²) < 4.78 is 3.33. The molecule has 0 radical (unpaired) electrons. The number of aromatic nitrogens is 6. The van der Waals surface area contributed by atoms with Gasteiger partial charge in [0.1, 0.15) is 12.1 Å². The molecule has 0 unspecified atom stereocenters. The molecule has 10 heteroatoms. The van der Waals surface area contributed by atoms with E-state index in [0.29, 0.717) is 33.4 Å². The first-order chi connectivity index (χ1) is 16.6. The first kappa shape index (κ1) is 22.1. The predicted molar refractivity (Wildman–Crippen MR) is 135 cm³/mol. The molecule has 0 aliphatic carbocycles. The third-order valence-corrected chi connectivity index (χ3v) is 6.32. The molecule has 1 amide bonds. The highest BCUT2D eigenvalue weighted by molar-refractivity contribution is 7.99. The first-order valence-corrected chi connectivity index (χ1v) is 12.0. The lowest BCUT2D eigenvalue weighted by Crippen LogP contribution is -2.17. The van der Waals surface area contributed by atoms with Crippen molar-refractivity contribution in [1.29, 1.82) is 0 Å². The summed E-state index contributed by atoms with van der Waals surface area (Å²) in [4.78, 5) is 21.5. The normalized spacial score (nSPS) is 11.1. The fourth-order valence-electron chi connectivity index (χ4n) is 3.54. The molecule has 2 aromatic carbocycles. The van der Waals surface area contributed by atoms with Crippen LogP contribution in [0.3, 0.4) is 0 Å². The summed E-state index contributed by atoms with van der Waals surface area (Å²) in [5.41, 5.74) is 3.38. The van der Waals surface area contributed by atoms with Gasteiger partial charge in [0.15, 0.2) is 11.5 Å². The SMILES string of the molecule is Cc1cc(NC(=O)CSCc2ccccc2)n(-c2ncnc3c2cnn3-c2ccc(Cl)cc2)n1. The van der Waals surface area contributed by atoms with Crippen LogP contribution in [0.2, 0.25) is 5.02 Å². The second kappa shape index (κ2) is 9.66. The summed E-state index contributed by atoms with van der Waals surface area (Å²) in [6, 6.07) is 19.2. The van der Waals surface area contributed by atoms with E-state index in [1.807, 2.05) is 55.5 Å². The average molecular weight is 490 g/mol. The van der Waals surface area contributed by atoms with Crippen molar-refractivity contribution in [3.05, 3.63) is 89.5 Å². The number of nitrogens with one attached hydrogen (secondary N) is 1. The van der Waals surface area contributed by atoms with E-state index in [0.717, 1.165) is 17.1 Å². The van der Waals surface area contributed by atoms with Gasteiger partial charge in [-0.05, 0) is 36.8 Å². The highest BCUT2D eigenvalue weighted by Gasteiger charge is 2.17. The number of rotatable bonds is 7. The Bertz CT molecular complexity index is 1450. The first-order valence-electron chi connectivity index (χ1n) is 10.5. The Morgan fingerprint density at radius 3 is 2.65 bits per heavy atom. The predicted octanol–water partition coefficient (Wildman–Crippen LogP) is 4.83. The van der Waals surface area contributed by atoms with Crippen LogP contribution < -0.4 is 5.32 Å². The second-order valence-corrected chi connectivity index (χ2v) is 9.00. The molecule has 0 saturated carbocycles. The maximum absolute atomic E-state index is 12.6. The molecule has 1 N–H and O–H groups in total. The van der Waals surface area contributed by atoms with Gasteiger partial charge >= 0.3 is 0 Å².